The van der Waals surface area contributed by atoms with Crippen molar-refractivity contribution in [3.05, 3.63) is 70.9 Å². The molecule has 7 heteroatoms. The van der Waals surface area contributed by atoms with E-state index in [4.69, 9.17) is 9.84 Å². The van der Waals surface area contributed by atoms with E-state index in [9.17, 15) is 9.59 Å². The number of nitrogens with zero attached hydrogens (tertiary/aromatic N) is 3. The molecule has 0 saturated heterocycles. The predicted octanol–water partition coefficient (Wildman–Crippen LogP) is 6.07. The molecule has 198 valence electrons. The zero-order valence-corrected chi connectivity index (χ0v) is 23.2. The molecule has 1 N–H and O–H groups in total. The number of hydrogen-bond acceptors (Lipinski definition) is 4. The van der Waals surface area contributed by atoms with Crippen LogP contribution in [0.1, 0.15) is 74.1 Å². The molecule has 37 heavy (non-hydrogen) atoms. The summed E-state index contributed by atoms with van der Waals surface area (Å²) in [5.74, 6) is 0.739. The molecule has 0 fully saturated rings. The van der Waals surface area contributed by atoms with Crippen molar-refractivity contribution in [1.29, 1.82) is 0 Å². The van der Waals surface area contributed by atoms with Crippen molar-refractivity contribution >= 4 is 17.6 Å². The average Bonchev–Trinajstić information content (AvgIpc) is 3.27. The fourth-order valence-corrected chi connectivity index (χ4v) is 4.16. The molecule has 0 unspecified atom stereocenters. The molecule has 2 amide bonds. The Morgan fingerprint density at radius 1 is 1.05 bits per heavy atom. The lowest BCUT2D eigenvalue weighted by atomic mass is 9.92. The van der Waals surface area contributed by atoms with Crippen molar-refractivity contribution < 1.29 is 14.3 Å². The van der Waals surface area contributed by atoms with Gasteiger partial charge in [-0.25, -0.2) is 4.68 Å². The van der Waals surface area contributed by atoms with E-state index in [1.54, 1.807) is 41.0 Å². The number of carbonyl (C=O) groups excluding carboxylic acids is 2. The van der Waals surface area contributed by atoms with E-state index in [1.165, 1.54) is 0 Å². The van der Waals surface area contributed by atoms with Crippen LogP contribution in [0.15, 0.2) is 48.5 Å². The van der Waals surface area contributed by atoms with Gasteiger partial charge in [0.15, 0.2) is 0 Å². The number of amides is 2. The highest BCUT2D eigenvalue weighted by molar-refractivity contribution is 5.99. The number of rotatable bonds is 10. The summed E-state index contributed by atoms with van der Waals surface area (Å²) in [5, 5.41) is 7.88. The molecule has 0 saturated carbocycles. The second-order valence-corrected chi connectivity index (χ2v) is 10.6. The van der Waals surface area contributed by atoms with Gasteiger partial charge < -0.3 is 15.0 Å². The minimum absolute atomic E-state index is 0.0529. The number of hydrogen-bond donors (Lipinski definition) is 1. The van der Waals surface area contributed by atoms with Gasteiger partial charge in [0.2, 0.25) is 5.91 Å². The first-order chi connectivity index (χ1) is 17.5. The highest BCUT2D eigenvalue weighted by atomic mass is 16.5. The maximum atomic E-state index is 13.4. The average molecular weight is 505 g/mol. The first kappa shape index (κ1) is 28.0. The van der Waals surface area contributed by atoms with Crippen molar-refractivity contribution in [2.45, 2.75) is 66.2 Å². The maximum absolute atomic E-state index is 13.4. The zero-order valence-electron chi connectivity index (χ0n) is 23.2. The third-order valence-corrected chi connectivity index (χ3v) is 6.30. The first-order valence-corrected chi connectivity index (χ1v) is 12.9. The summed E-state index contributed by atoms with van der Waals surface area (Å²) in [6.45, 7) is 12.9. The molecule has 3 aromatic rings. The van der Waals surface area contributed by atoms with Crippen LogP contribution in [0.25, 0.3) is 5.69 Å². The number of ether oxygens (including phenoxy) is 1. The molecular weight excluding hydrogens is 464 g/mol. The number of anilines is 1. The smallest absolute Gasteiger partial charge is 0.254 e. The molecule has 1 heterocycles. The van der Waals surface area contributed by atoms with Crippen LogP contribution in [0, 0.1) is 13.8 Å². The highest BCUT2D eigenvalue weighted by Gasteiger charge is 2.24. The van der Waals surface area contributed by atoms with Crippen LogP contribution in [-0.2, 0) is 10.2 Å². The number of carbonyl (C=O) groups is 2. The Morgan fingerprint density at radius 2 is 1.81 bits per heavy atom. The molecule has 0 aliphatic rings. The third kappa shape index (κ3) is 7.21. The summed E-state index contributed by atoms with van der Waals surface area (Å²) >= 11 is 0. The van der Waals surface area contributed by atoms with Crippen LogP contribution in [0.2, 0.25) is 0 Å². The summed E-state index contributed by atoms with van der Waals surface area (Å²) in [5.41, 5.74) is 4.30. The highest BCUT2D eigenvalue weighted by Crippen LogP contribution is 2.28. The normalized spacial score (nSPS) is 11.3. The minimum atomic E-state index is -0.265. The first-order valence-electron chi connectivity index (χ1n) is 12.9. The van der Waals surface area contributed by atoms with Crippen molar-refractivity contribution in [2.75, 3.05) is 25.5 Å². The fraction of sp³-hybridized carbons (Fsp3) is 0.433. The quantitative estimate of drug-likeness (QED) is 0.340. The Morgan fingerprint density at radius 3 is 2.46 bits per heavy atom. The minimum Gasteiger partial charge on any atom is -0.497 e. The second-order valence-electron chi connectivity index (χ2n) is 10.6. The SMILES string of the molecule is CCCCCN(CC(=O)Nc1cc(C(C)(C)C)nn1-c1ccc(C)cc1C)C(=O)c1cccc(OC)c1. The molecule has 0 spiro atoms. The van der Waals surface area contributed by atoms with Gasteiger partial charge in [-0.15, -0.1) is 0 Å². The number of aromatic nitrogens is 2. The number of nitrogens with one attached hydrogen (secondary N) is 1. The lowest BCUT2D eigenvalue weighted by Crippen LogP contribution is -2.39. The molecule has 0 atom stereocenters. The van der Waals surface area contributed by atoms with Crippen molar-refractivity contribution in [1.82, 2.24) is 14.7 Å². The van der Waals surface area contributed by atoms with Gasteiger partial charge in [0.1, 0.15) is 18.1 Å². The lowest BCUT2D eigenvalue weighted by molar-refractivity contribution is -0.117. The summed E-state index contributed by atoms with van der Waals surface area (Å²) in [4.78, 5) is 28.3. The molecule has 0 aliphatic carbocycles. The van der Waals surface area contributed by atoms with Gasteiger partial charge in [-0.2, -0.15) is 5.10 Å². The van der Waals surface area contributed by atoms with Crippen LogP contribution in [0.4, 0.5) is 5.82 Å². The predicted molar refractivity (Wildman–Crippen MR) is 149 cm³/mol. The van der Waals surface area contributed by atoms with E-state index in [0.29, 0.717) is 23.7 Å². The summed E-state index contributed by atoms with van der Waals surface area (Å²) in [6.07, 6.45) is 2.84. The van der Waals surface area contributed by atoms with Gasteiger partial charge in [0.05, 0.1) is 18.5 Å². The Bertz CT molecular complexity index is 1240. The van der Waals surface area contributed by atoms with Gasteiger partial charge in [0, 0.05) is 23.6 Å². The molecule has 1 aromatic heterocycles. The summed E-state index contributed by atoms with van der Waals surface area (Å²) in [7, 11) is 1.57. The Balaban J connectivity index is 1.88. The molecule has 0 aliphatic heterocycles. The van der Waals surface area contributed by atoms with Gasteiger partial charge in [-0.3, -0.25) is 9.59 Å². The van der Waals surface area contributed by atoms with Gasteiger partial charge in [-0.1, -0.05) is 64.3 Å². The Kier molecular flexibility index (Phi) is 9.14. The molecular formula is C30H40N4O3. The third-order valence-electron chi connectivity index (χ3n) is 6.30. The van der Waals surface area contributed by atoms with Crippen LogP contribution in [-0.4, -0.2) is 46.7 Å². The largest absolute Gasteiger partial charge is 0.497 e. The van der Waals surface area contributed by atoms with Gasteiger partial charge in [-0.05, 0) is 50.1 Å². The molecule has 2 aromatic carbocycles. The summed E-state index contributed by atoms with van der Waals surface area (Å²) < 4.78 is 7.08. The van der Waals surface area contributed by atoms with E-state index < -0.39 is 0 Å². The molecule has 3 rings (SSSR count). The molecule has 0 bridgehead atoms. The zero-order chi connectivity index (χ0) is 27.2. The topological polar surface area (TPSA) is 76.5 Å². The van der Waals surface area contributed by atoms with E-state index in [1.807, 2.05) is 25.1 Å². The van der Waals surface area contributed by atoms with Crippen LogP contribution >= 0.6 is 0 Å². The monoisotopic (exact) mass is 504 g/mol. The molecule has 7 nitrogen and oxygen atoms in total. The van der Waals surface area contributed by atoms with Crippen molar-refractivity contribution in [3.8, 4) is 11.4 Å². The van der Waals surface area contributed by atoms with Crippen LogP contribution < -0.4 is 10.1 Å². The number of benzene rings is 2. The van der Waals surface area contributed by atoms with Gasteiger partial charge >= 0.3 is 0 Å². The van der Waals surface area contributed by atoms with Gasteiger partial charge in [0.25, 0.3) is 5.91 Å². The van der Waals surface area contributed by atoms with Crippen LogP contribution in [0.5, 0.6) is 5.75 Å². The van der Waals surface area contributed by atoms with E-state index in [-0.39, 0.29) is 23.8 Å². The van der Waals surface area contributed by atoms with Crippen molar-refractivity contribution in [3.63, 3.8) is 0 Å². The van der Waals surface area contributed by atoms with Crippen molar-refractivity contribution in [2.24, 2.45) is 0 Å². The maximum Gasteiger partial charge on any atom is 0.254 e. The number of aryl methyl sites for hydroxylation is 2. The van der Waals surface area contributed by atoms with E-state index >= 15 is 0 Å². The van der Waals surface area contributed by atoms with Crippen LogP contribution in [0.3, 0.4) is 0 Å². The Hall–Kier alpha value is -3.61. The number of unbranched alkanes of at least 4 members (excludes halogenated alkanes) is 2. The number of methoxy groups -OCH3 is 1. The van der Waals surface area contributed by atoms with E-state index in [2.05, 4.69) is 46.0 Å². The second kappa shape index (κ2) is 12.1. The molecule has 0 radical (unpaired) electrons. The Labute approximate surface area is 220 Å². The summed E-state index contributed by atoms with van der Waals surface area (Å²) in [6, 6.07) is 15.1. The lowest BCUT2D eigenvalue weighted by Gasteiger charge is -2.23. The fourth-order valence-electron chi connectivity index (χ4n) is 4.16. The van der Waals surface area contributed by atoms with E-state index in [0.717, 1.165) is 41.8 Å². The standard InChI is InChI=1S/C30H40N4O3/c1-8-9-10-16-33(29(36)23-12-11-13-24(18-23)37-7)20-28(35)31-27-19-26(30(4,5)6)32-34(27)25-15-14-21(2)17-22(25)3/h11-15,17-19H,8-10,16,20H2,1-7H3,(H,31,35).